The highest BCUT2D eigenvalue weighted by atomic mass is 19.1. The van der Waals surface area contributed by atoms with Crippen LogP contribution in [0.5, 0.6) is 5.75 Å². The van der Waals surface area contributed by atoms with Gasteiger partial charge in [-0.05, 0) is 38.8 Å². The number of nitrogens with zero attached hydrogens (tertiary/aromatic N) is 1. The number of hydrogen-bond donors (Lipinski definition) is 1. The zero-order valence-corrected chi connectivity index (χ0v) is 11.2. The molecule has 1 unspecified atom stereocenters. The number of benzene rings is 1. The first kappa shape index (κ1) is 13.3. The second-order valence-corrected chi connectivity index (χ2v) is 5.47. The van der Waals surface area contributed by atoms with Gasteiger partial charge in [-0.1, -0.05) is 18.9 Å². The van der Waals surface area contributed by atoms with Crippen molar-refractivity contribution in [2.75, 3.05) is 13.6 Å². The van der Waals surface area contributed by atoms with E-state index >= 15 is 0 Å². The maximum absolute atomic E-state index is 13.8. The summed E-state index contributed by atoms with van der Waals surface area (Å²) in [5.41, 5.74) is 0.660. The van der Waals surface area contributed by atoms with Gasteiger partial charge in [0.2, 0.25) is 0 Å². The van der Waals surface area contributed by atoms with Crippen molar-refractivity contribution >= 4 is 0 Å². The van der Waals surface area contributed by atoms with E-state index in [2.05, 4.69) is 11.9 Å². The number of rotatable bonds is 4. The Bertz CT molecular complexity index is 401. The first-order valence-electron chi connectivity index (χ1n) is 6.76. The van der Waals surface area contributed by atoms with E-state index < -0.39 is 0 Å². The van der Waals surface area contributed by atoms with Crippen molar-refractivity contribution < 1.29 is 9.50 Å². The topological polar surface area (TPSA) is 23.5 Å². The predicted octanol–water partition coefficient (Wildman–Crippen LogP) is 3.71. The molecule has 1 aliphatic carbocycles. The summed E-state index contributed by atoms with van der Waals surface area (Å²) in [5.74, 6) is 0.431. The zero-order chi connectivity index (χ0) is 13.1. The minimum atomic E-state index is -0.319. The maximum atomic E-state index is 13.8. The molecular weight excluding hydrogens is 229 g/mol. The summed E-state index contributed by atoms with van der Waals surface area (Å²) < 4.78 is 13.8. The van der Waals surface area contributed by atoms with Gasteiger partial charge in [0.05, 0.1) is 0 Å². The van der Waals surface area contributed by atoms with Crippen molar-refractivity contribution in [2.45, 2.75) is 38.6 Å². The third-order valence-corrected chi connectivity index (χ3v) is 4.12. The van der Waals surface area contributed by atoms with Crippen molar-refractivity contribution in [1.29, 1.82) is 0 Å². The van der Waals surface area contributed by atoms with Gasteiger partial charge in [0, 0.05) is 24.2 Å². The van der Waals surface area contributed by atoms with E-state index in [0.29, 0.717) is 5.56 Å². The molecule has 0 bridgehead atoms. The Hall–Kier alpha value is -1.09. The monoisotopic (exact) mass is 251 g/mol. The SMILES string of the molecule is CC(c1ccc(O)cc1F)N(C)CC1CCCC1. The van der Waals surface area contributed by atoms with E-state index in [-0.39, 0.29) is 17.6 Å². The normalized spacial score (nSPS) is 18.4. The lowest BCUT2D eigenvalue weighted by Gasteiger charge is -2.28. The summed E-state index contributed by atoms with van der Waals surface area (Å²) in [6.07, 6.45) is 5.27. The van der Waals surface area contributed by atoms with E-state index in [0.717, 1.165) is 12.5 Å². The molecule has 1 aromatic rings. The van der Waals surface area contributed by atoms with Crippen molar-refractivity contribution in [3.63, 3.8) is 0 Å². The first-order chi connectivity index (χ1) is 8.58. The van der Waals surface area contributed by atoms with Gasteiger partial charge < -0.3 is 5.11 Å². The van der Waals surface area contributed by atoms with Crippen LogP contribution in [0.15, 0.2) is 18.2 Å². The van der Waals surface area contributed by atoms with E-state index in [1.807, 2.05) is 6.92 Å². The lowest BCUT2D eigenvalue weighted by atomic mass is 10.0. The van der Waals surface area contributed by atoms with Gasteiger partial charge in [0.25, 0.3) is 0 Å². The Morgan fingerprint density at radius 1 is 1.39 bits per heavy atom. The highest BCUT2D eigenvalue weighted by Crippen LogP contribution is 2.29. The molecule has 100 valence electrons. The smallest absolute Gasteiger partial charge is 0.131 e. The highest BCUT2D eigenvalue weighted by Gasteiger charge is 2.21. The summed E-state index contributed by atoms with van der Waals surface area (Å²) in [4.78, 5) is 2.21. The van der Waals surface area contributed by atoms with Crippen molar-refractivity contribution in [3.05, 3.63) is 29.6 Å². The second-order valence-electron chi connectivity index (χ2n) is 5.47. The molecule has 1 N–H and O–H groups in total. The van der Waals surface area contributed by atoms with E-state index in [4.69, 9.17) is 0 Å². The van der Waals surface area contributed by atoms with Gasteiger partial charge in [-0.15, -0.1) is 0 Å². The fourth-order valence-electron chi connectivity index (χ4n) is 2.85. The molecule has 0 saturated heterocycles. The molecule has 1 fully saturated rings. The minimum Gasteiger partial charge on any atom is -0.508 e. The number of phenolic OH excluding ortho intramolecular Hbond substituents is 1. The van der Waals surface area contributed by atoms with Crippen LogP contribution in [0.4, 0.5) is 4.39 Å². The molecule has 0 aromatic heterocycles. The molecule has 3 heteroatoms. The van der Waals surface area contributed by atoms with E-state index in [1.54, 1.807) is 12.1 Å². The van der Waals surface area contributed by atoms with Crippen molar-refractivity contribution in [1.82, 2.24) is 4.90 Å². The maximum Gasteiger partial charge on any atom is 0.131 e. The lowest BCUT2D eigenvalue weighted by Crippen LogP contribution is -2.28. The third kappa shape index (κ3) is 3.02. The molecule has 0 spiro atoms. The lowest BCUT2D eigenvalue weighted by molar-refractivity contribution is 0.217. The van der Waals surface area contributed by atoms with E-state index in [1.165, 1.54) is 31.7 Å². The van der Waals surface area contributed by atoms with Crippen LogP contribution in [0.1, 0.15) is 44.2 Å². The first-order valence-corrected chi connectivity index (χ1v) is 6.76. The van der Waals surface area contributed by atoms with Crippen molar-refractivity contribution in [3.8, 4) is 5.75 Å². The van der Waals surface area contributed by atoms with Crippen LogP contribution >= 0.6 is 0 Å². The molecule has 2 nitrogen and oxygen atoms in total. The molecule has 1 atom stereocenters. The third-order valence-electron chi connectivity index (χ3n) is 4.12. The zero-order valence-electron chi connectivity index (χ0n) is 11.2. The molecule has 2 rings (SSSR count). The van der Waals surface area contributed by atoms with Crippen LogP contribution in [0.2, 0.25) is 0 Å². The number of phenols is 1. The number of halogens is 1. The standard InChI is InChI=1S/C15H22FNO/c1-11(14-8-7-13(18)9-15(14)16)17(2)10-12-5-3-4-6-12/h7-9,11-12,18H,3-6,10H2,1-2H3. The summed E-state index contributed by atoms with van der Waals surface area (Å²) in [6.45, 7) is 3.05. The number of hydrogen-bond acceptors (Lipinski definition) is 2. The average Bonchev–Trinajstić information content (AvgIpc) is 2.81. The predicted molar refractivity (Wildman–Crippen MR) is 71.1 cm³/mol. The van der Waals surface area contributed by atoms with Crippen LogP contribution in [0.25, 0.3) is 0 Å². The van der Waals surface area contributed by atoms with Crippen LogP contribution in [-0.2, 0) is 0 Å². The van der Waals surface area contributed by atoms with Crippen LogP contribution in [0, 0.1) is 11.7 Å². The molecule has 1 aliphatic rings. The van der Waals surface area contributed by atoms with Crippen LogP contribution in [-0.4, -0.2) is 23.6 Å². The van der Waals surface area contributed by atoms with Gasteiger partial charge in [-0.25, -0.2) is 4.39 Å². The quantitative estimate of drug-likeness (QED) is 0.881. The van der Waals surface area contributed by atoms with Gasteiger partial charge in [-0.2, -0.15) is 0 Å². The molecule has 0 aliphatic heterocycles. The fourth-order valence-corrected chi connectivity index (χ4v) is 2.85. The molecule has 0 amide bonds. The molecule has 0 radical (unpaired) electrons. The number of aromatic hydroxyl groups is 1. The van der Waals surface area contributed by atoms with Crippen LogP contribution < -0.4 is 0 Å². The Morgan fingerprint density at radius 3 is 2.67 bits per heavy atom. The van der Waals surface area contributed by atoms with Gasteiger partial charge in [0.15, 0.2) is 0 Å². The largest absolute Gasteiger partial charge is 0.508 e. The molecule has 1 saturated carbocycles. The molecule has 0 heterocycles. The van der Waals surface area contributed by atoms with Gasteiger partial charge in [-0.3, -0.25) is 4.90 Å². The van der Waals surface area contributed by atoms with Gasteiger partial charge in [0.1, 0.15) is 11.6 Å². The Balaban J connectivity index is 2.02. The summed E-state index contributed by atoms with van der Waals surface area (Å²) in [5, 5.41) is 9.23. The Morgan fingerprint density at radius 2 is 2.06 bits per heavy atom. The highest BCUT2D eigenvalue weighted by molar-refractivity contribution is 5.29. The minimum absolute atomic E-state index is 0.0121. The average molecular weight is 251 g/mol. The Labute approximate surface area is 108 Å². The summed E-state index contributed by atoms with van der Waals surface area (Å²) >= 11 is 0. The van der Waals surface area contributed by atoms with E-state index in [9.17, 15) is 9.50 Å². The second kappa shape index (κ2) is 5.70. The summed E-state index contributed by atoms with van der Waals surface area (Å²) in [6, 6.07) is 4.47. The fraction of sp³-hybridized carbons (Fsp3) is 0.600. The Kier molecular flexibility index (Phi) is 4.23. The molecule has 1 aromatic carbocycles. The van der Waals surface area contributed by atoms with Crippen LogP contribution in [0.3, 0.4) is 0 Å². The molecule has 18 heavy (non-hydrogen) atoms. The van der Waals surface area contributed by atoms with Crippen molar-refractivity contribution in [2.24, 2.45) is 5.92 Å². The van der Waals surface area contributed by atoms with Gasteiger partial charge >= 0.3 is 0 Å². The molecular formula is C15H22FNO. The summed E-state index contributed by atoms with van der Waals surface area (Å²) in [7, 11) is 2.05.